The number of hydrogen-bond donors (Lipinski definition) is 0. The van der Waals surface area contributed by atoms with Gasteiger partial charge in [-0.25, -0.2) is 0 Å². The molecule has 0 saturated heterocycles. The number of carbonyl (C=O) groups excluding carboxylic acids is 2. The molecule has 4 rings (SSSR count). The fourth-order valence-corrected chi connectivity index (χ4v) is 3.95. The third kappa shape index (κ3) is 4.32. The summed E-state index contributed by atoms with van der Waals surface area (Å²) < 4.78 is 10.4. The maximum absolute atomic E-state index is 12.5. The molecule has 32 heavy (non-hydrogen) atoms. The molecule has 3 aromatic rings. The van der Waals surface area contributed by atoms with Gasteiger partial charge >= 0.3 is 5.97 Å². The summed E-state index contributed by atoms with van der Waals surface area (Å²) in [5.74, 6) is 0.0742. The third-order valence-electron chi connectivity index (χ3n) is 5.66. The van der Waals surface area contributed by atoms with Crippen molar-refractivity contribution in [2.75, 3.05) is 18.6 Å². The van der Waals surface area contributed by atoms with Crippen LogP contribution in [0.1, 0.15) is 31.7 Å². The summed E-state index contributed by atoms with van der Waals surface area (Å²) in [5.41, 5.74) is 3.64. The molecule has 0 fully saturated rings. The Kier molecular flexibility index (Phi) is 5.90. The Labute approximate surface area is 186 Å². The molecule has 0 bridgehead atoms. The van der Waals surface area contributed by atoms with Crippen molar-refractivity contribution in [1.82, 2.24) is 10.1 Å². The molecule has 164 valence electrons. The number of fused-ring (bicyclic) bond motifs is 1. The molecule has 7 heteroatoms. The van der Waals surface area contributed by atoms with Crippen LogP contribution >= 0.6 is 0 Å². The summed E-state index contributed by atoms with van der Waals surface area (Å²) >= 11 is 0. The molecular weight excluding hydrogens is 406 g/mol. The summed E-state index contributed by atoms with van der Waals surface area (Å²) in [6.07, 6.45) is 1.87. The topological polar surface area (TPSA) is 85.5 Å². The monoisotopic (exact) mass is 431 g/mol. The highest BCUT2D eigenvalue weighted by Gasteiger charge is 2.38. The maximum atomic E-state index is 12.5. The largest absolute Gasteiger partial charge is 0.457 e. The number of hydrogen-bond acceptors (Lipinski definition) is 7. The van der Waals surface area contributed by atoms with Crippen molar-refractivity contribution >= 4 is 17.4 Å². The molecule has 1 aliphatic rings. The molecular formula is C25H25N3O4. The van der Waals surface area contributed by atoms with Gasteiger partial charge in [0.15, 0.2) is 12.4 Å². The Bertz CT molecular complexity index is 1160. The van der Waals surface area contributed by atoms with Crippen molar-refractivity contribution in [3.63, 3.8) is 0 Å². The molecule has 0 atom stereocenters. The lowest BCUT2D eigenvalue weighted by Gasteiger charge is -2.23. The van der Waals surface area contributed by atoms with Crippen molar-refractivity contribution < 1.29 is 18.8 Å². The van der Waals surface area contributed by atoms with Gasteiger partial charge in [-0.3, -0.25) is 9.59 Å². The maximum Gasteiger partial charge on any atom is 0.306 e. The highest BCUT2D eigenvalue weighted by molar-refractivity contribution is 5.94. The number of nitrogens with zero attached hydrogens (tertiary/aromatic N) is 3. The lowest BCUT2D eigenvalue weighted by molar-refractivity contribution is -0.146. The van der Waals surface area contributed by atoms with Crippen LogP contribution in [0.4, 0.5) is 5.69 Å². The molecule has 1 aromatic heterocycles. The molecule has 0 saturated carbocycles. The van der Waals surface area contributed by atoms with E-state index in [1.165, 1.54) is 0 Å². The predicted octanol–water partition coefficient (Wildman–Crippen LogP) is 4.09. The highest BCUT2D eigenvalue weighted by Crippen LogP contribution is 2.46. The lowest BCUT2D eigenvalue weighted by atomic mass is 9.83. The molecule has 0 spiro atoms. The molecule has 2 heterocycles. The van der Waals surface area contributed by atoms with Crippen LogP contribution in [0.3, 0.4) is 0 Å². The van der Waals surface area contributed by atoms with Crippen LogP contribution in [-0.2, 0) is 26.2 Å². The van der Waals surface area contributed by atoms with E-state index in [0.29, 0.717) is 11.7 Å². The summed E-state index contributed by atoms with van der Waals surface area (Å²) in [6, 6.07) is 17.5. The minimum absolute atomic E-state index is 0.0527. The van der Waals surface area contributed by atoms with Gasteiger partial charge in [-0.2, -0.15) is 4.98 Å². The zero-order valence-corrected chi connectivity index (χ0v) is 18.4. The molecule has 0 N–H and O–H groups in total. The fraction of sp³-hybridized carbons (Fsp3) is 0.280. The number of aromatic nitrogens is 2. The van der Waals surface area contributed by atoms with Crippen LogP contribution < -0.4 is 4.90 Å². The molecule has 0 amide bonds. The van der Waals surface area contributed by atoms with Gasteiger partial charge in [-0.05, 0) is 11.6 Å². The summed E-state index contributed by atoms with van der Waals surface area (Å²) in [7, 11) is 1.94. The van der Waals surface area contributed by atoms with Gasteiger partial charge in [0.1, 0.15) is 0 Å². The number of rotatable bonds is 7. The number of benzene rings is 2. The van der Waals surface area contributed by atoms with E-state index in [-0.39, 0.29) is 30.6 Å². The first-order valence-electron chi connectivity index (χ1n) is 10.5. The number of likely N-dealkylation sites (N-methyl/N-ethyl adjacent to an activating group) is 1. The van der Waals surface area contributed by atoms with E-state index in [0.717, 1.165) is 22.5 Å². The van der Waals surface area contributed by atoms with Gasteiger partial charge < -0.3 is 14.2 Å². The number of carbonyl (C=O) groups is 2. The third-order valence-corrected chi connectivity index (χ3v) is 5.66. The number of esters is 1. The predicted molar refractivity (Wildman–Crippen MR) is 120 cm³/mol. The number of para-hydroxylation sites is 1. The number of ether oxygens (including phenoxy) is 1. The highest BCUT2D eigenvalue weighted by atomic mass is 16.5. The minimum atomic E-state index is -0.487. The molecule has 0 unspecified atom stereocenters. The van der Waals surface area contributed by atoms with Crippen LogP contribution in [0.15, 0.2) is 70.9 Å². The van der Waals surface area contributed by atoms with E-state index in [1.807, 2.05) is 60.5 Å². The first kappa shape index (κ1) is 21.5. The van der Waals surface area contributed by atoms with Crippen molar-refractivity contribution in [1.29, 1.82) is 0 Å². The molecule has 2 aromatic carbocycles. The van der Waals surface area contributed by atoms with E-state index in [4.69, 9.17) is 9.26 Å². The van der Waals surface area contributed by atoms with Gasteiger partial charge in [-0.1, -0.05) is 67.5 Å². The average molecular weight is 431 g/mol. The van der Waals surface area contributed by atoms with Crippen LogP contribution in [0.25, 0.3) is 11.4 Å². The van der Waals surface area contributed by atoms with Gasteiger partial charge in [0, 0.05) is 41.9 Å². The second-order valence-corrected chi connectivity index (χ2v) is 8.24. The average Bonchev–Trinajstić information content (AvgIpc) is 3.35. The number of allylic oxidation sites excluding steroid dienone is 1. The second kappa shape index (κ2) is 8.78. The molecule has 0 aliphatic carbocycles. The van der Waals surface area contributed by atoms with Crippen molar-refractivity contribution in [2.45, 2.75) is 32.1 Å². The Hall–Kier alpha value is -3.74. The summed E-state index contributed by atoms with van der Waals surface area (Å²) in [6.45, 7) is 3.85. The van der Waals surface area contributed by atoms with E-state index in [9.17, 15) is 9.59 Å². The van der Waals surface area contributed by atoms with E-state index in [1.54, 1.807) is 6.08 Å². The van der Waals surface area contributed by atoms with Gasteiger partial charge in [-0.15, -0.1) is 0 Å². The van der Waals surface area contributed by atoms with Crippen LogP contribution in [0, 0.1) is 0 Å². The van der Waals surface area contributed by atoms with Crippen LogP contribution in [0.5, 0.6) is 0 Å². The zero-order valence-electron chi connectivity index (χ0n) is 18.4. The number of aryl methyl sites for hydroxylation is 1. The Morgan fingerprint density at radius 2 is 1.81 bits per heavy atom. The van der Waals surface area contributed by atoms with E-state index < -0.39 is 5.97 Å². The van der Waals surface area contributed by atoms with Gasteiger partial charge in [0.05, 0.1) is 6.42 Å². The lowest BCUT2D eigenvalue weighted by Crippen LogP contribution is -2.25. The van der Waals surface area contributed by atoms with Crippen LogP contribution in [0.2, 0.25) is 0 Å². The Balaban J connectivity index is 1.30. The smallest absolute Gasteiger partial charge is 0.306 e. The second-order valence-electron chi connectivity index (χ2n) is 8.24. The normalized spacial score (nSPS) is 15.6. The molecule has 7 nitrogen and oxygen atoms in total. The van der Waals surface area contributed by atoms with Crippen molar-refractivity contribution in [3.05, 3.63) is 77.8 Å². The SMILES string of the molecule is CN1C(=CC(=O)COC(=O)CCc2nc(-c3ccccc3)no2)C(C)(C)c2ccccc21. The first-order chi connectivity index (χ1) is 15.4. The standard InChI is InChI=1S/C25H25N3O4/c1-25(2)19-11-7-8-12-20(19)28(3)21(25)15-18(29)16-31-23(30)14-13-22-26-24(27-32-22)17-9-5-4-6-10-17/h4-12,15H,13-14,16H2,1-3H3. The van der Waals surface area contributed by atoms with E-state index in [2.05, 4.69) is 30.1 Å². The van der Waals surface area contributed by atoms with Crippen molar-refractivity contribution in [2.24, 2.45) is 0 Å². The number of anilines is 1. The Morgan fingerprint density at radius 1 is 1.09 bits per heavy atom. The van der Waals surface area contributed by atoms with Crippen LogP contribution in [-0.4, -0.2) is 35.5 Å². The minimum Gasteiger partial charge on any atom is -0.457 e. The zero-order chi connectivity index (χ0) is 22.7. The van der Waals surface area contributed by atoms with E-state index >= 15 is 0 Å². The number of ketones is 1. The van der Waals surface area contributed by atoms with Gasteiger partial charge in [0.2, 0.25) is 11.7 Å². The summed E-state index contributed by atoms with van der Waals surface area (Å²) in [4.78, 5) is 30.9. The quantitative estimate of drug-likeness (QED) is 0.411. The van der Waals surface area contributed by atoms with Crippen molar-refractivity contribution in [3.8, 4) is 11.4 Å². The first-order valence-corrected chi connectivity index (χ1v) is 10.5. The molecule has 0 radical (unpaired) electrons. The Morgan fingerprint density at radius 3 is 2.56 bits per heavy atom. The van der Waals surface area contributed by atoms with Gasteiger partial charge in [0.25, 0.3) is 0 Å². The molecule has 1 aliphatic heterocycles. The summed E-state index contributed by atoms with van der Waals surface area (Å²) in [5, 5.41) is 3.93. The fourth-order valence-electron chi connectivity index (χ4n) is 3.95.